The Morgan fingerprint density at radius 3 is 2.75 bits per heavy atom. The molecule has 1 atom stereocenters. The van der Waals surface area contributed by atoms with Crippen LogP contribution >= 0.6 is 0 Å². The van der Waals surface area contributed by atoms with E-state index >= 15 is 0 Å². The minimum absolute atomic E-state index is 0.100. The molecule has 2 rings (SSSR count). The number of hydrogen-bond donors (Lipinski definition) is 1. The molecule has 1 unspecified atom stereocenters. The summed E-state index contributed by atoms with van der Waals surface area (Å²) in [4.78, 5) is 2.40. The molecule has 0 bridgehead atoms. The van der Waals surface area contributed by atoms with Gasteiger partial charge in [0.1, 0.15) is 0 Å². The zero-order valence-corrected chi connectivity index (χ0v) is 10.8. The summed E-state index contributed by atoms with van der Waals surface area (Å²) in [5.41, 5.74) is 4.27. The summed E-state index contributed by atoms with van der Waals surface area (Å²) in [7, 11) is 2.20. The number of aryl methyl sites for hydroxylation is 2. The molecule has 0 aromatic heterocycles. The Labute approximate surface area is 98.7 Å². The van der Waals surface area contributed by atoms with Gasteiger partial charge in [-0.3, -0.25) is 0 Å². The second-order valence-corrected chi connectivity index (χ2v) is 5.32. The lowest BCUT2D eigenvalue weighted by Crippen LogP contribution is -2.55. The summed E-state index contributed by atoms with van der Waals surface area (Å²) in [6, 6.07) is 6.74. The fourth-order valence-corrected chi connectivity index (χ4v) is 2.71. The van der Waals surface area contributed by atoms with Crippen LogP contribution < -0.4 is 5.32 Å². The lowest BCUT2D eigenvalue weighted by molar-refractivity contribution is 0.170. The molecule has 1 fully saturated rings. The van der Waals surface area contributed by atoms with Crippen molar-refractivity contribution in [2.45, 2.75) is 26.3 Å². The third-order valence-corrected chi connectivity index (χ3v) is 3.58. The van der Waals surface area contributed by atoms with Crippen molar-refractivity contribution in [3.8, 4) is 0 Å². The Hall–Kier alpha value is -0.860. The average molecular weight is 218 g/mol. The number of nitrogens with zero attached hydrogens (tertiary/aromatic N) is 1. The van der Waals surface area contributed by atoms with Gasteiger partial charge in [0, 0.05) is 19.6 Å². The average Bonchev–Trinajstić information content (AvgIpc) is 2.21. The van der Waals surface area contributed by atoms with Crippen molar-refractivity contribution < 1.29 is 0 Å². The van der Waals surface area contributed by atoms with E-state index in [0.29, 0.717) is 0 Å². The highest BCUT2D eigenvalue weighted by Gasteiger charge is 2.31. The minimum Gasteiger partial charge on any atom is -0.305 e. The first kappa shape index (κ1) is 11.6. The first-order chi connectivity index (χ1) is 7.51. The normalized spacial score (nSPS) is 27.0. The largest absolute Gasteiger partial charge is 0.305 e. The molecule has 0 spiro atoms. The van der Waals surface area contributed by atoms with Crippen molar-refractivity contribution in [3.63, 3.8) is 0 Å². The Balaban J connectivity index is 2.37. The van der Waals surface area contributed by atoms with Crippen LogP contribution in [0.3, 0.4) is 0 Å². The highest BCUT2D eigenvalue weighted by molar-refractivity contribution is 5.36. The Morgan fingerprint density at radius 1 is 1.31 bits per heavy atom. The molecule has 1 aliphatic rings. The zero-order chi connectivity index (χ0) is 11.8. The van der Waals surface area contributed by atoms with Gasteiger partial charge in [-0.25, -0.2) is 0 Å². The molecule has 1 saturated heterocycles. The van der Waals surface area contributed by atoms with Crippen molar-refractivity contribution >= 4 is 0 Å². The maximum atomic E-state index is 3.67. The van der Waals surface area contributed by atoms with E-state index in [2.05, 4.69) is 56.2 Å². The second-order valence-electron chi connectivity index (χ2n) is 5.32. The van der Waals surface area contributed by atoms with E-state index in [1.54, 1.807) is 0 Å². The summed E-state index contributed by atoms with van der Waals surface area (Å²) in [6.45, 7) is 9.97. The molecule has 16 heavy (non-hydrogen) atoms. The molecule has 0 radical (unpaired) electrons. The van der Waals surface area contributed by atoms with E-state index in [9.17, 15) is 0 Å². The predicted octanol–water partition coefficient (Wildman–Crippen LogP) is 2.05. The van der Waals surface area contributed by atoms with Crippen molar-refractivity contribution in [3.05, 3.63) is 34.9 Å². The van der Waals surface area contributed by atoms with Crippen LogP contribution in [-0.4, -0.2) is 31.6 Å². The molecule has 0 amide bonds. The Morgan fingerprint density at radius 2 is 2.06 bits per heavy atom. The summed E-state index contributed by atoms with van der Waals surface area (Å²) in [5.74, 6) is 0. The van der Waals surface area contributed by atoms with Crippen LogP contribution in [0, 0.1) is 13.8 Å². The number of piperazine rings is 1. The summed E-state index contributed by atoms with van der Waals surface area (Å²) in [5, 5.41) is 3.67. The van der Waals surface area contributed by atoms with Crippen LogP contribution in [-0.2, 0) is 5.54 Å². The molecule has 1 aliphatic heterocycles. The van der Waals surface area contributed by atoms with Crippen molar-refractivity contribution in [1.29, 1.82) is 0 Å². The molecule has 88 valence electrons. The van der Waals surface area contributed by atoms with Gasteiger partial charge in [0.05, 0.1) is 5.54 Å². The third kappa shape index (κ3) is 2.13. The van der Waals surface area contributed by atoms with Gasteiger partial charge in [-0.2, -0.15) is 0 Å². The number of hydrogen-bond acceptors (Lipinski definition) is 2. The SMILES string of the molecule is Cc1ccc(C)c(C2(C)CN(C)CCN2)c1. The van der Waals surface area contributed by atoms with Crippen molar-refractivity contribution in [2.24, 2.45) is 0 Å². The molecule has 1 heterocycles. The van der Waals surface area contributed by atoms with Crippen LogP contribution in [0.15, 0.2) is 18.2 Å². The summed E-state index contributed by atoms with van der Waals surface area (Å²) >= 11 is 0. The van der Waals surface area contributed by atoms with Crippen LogP contribution in [0.1, 0.15) is 23.6 Å². The molecular weight excluding hydrogens is 196 g/mol. The smallest absolute Gasteiger partial charge is 0.0537 e. The number of nitrogens with one attached hydrogen (secondary N) is 1. The predicted molar refractivity (Wildman–Crippen MR) is 68.8 cm³/mol. The fourth-order valence-electron chi connectivity index (χ4n) is 2.71. The topological polar surface area (TPSA) is 15.3 Å². The third-order valence-electron chi connectivity index (χ3n) is 3.58. The highest BCUT2D eigenvalue weighted by atomic mass is 15.2. The molecule has 0 aliphatic carbocycles. The monoisotopic (exact) mass is 218 g/mol. The standard InChI is InChI=1S/C14H22N2/c1-11-5-6-12(2)13(9-11)14(3)10-16(4)8-7-15-14/h5-6,9,15H,7-8,10H2,1-4H3. The van der Waals surface area contributed by atoms with Gasteiger partial charge in [0.15, 0.2) is 0 Å². The van der Waals surface area contributed by atoms with Crippen LogP contribution in [0.5, 0.6) is 0 Å². The van der Waals surface area contributed by atoms with E-state index in [1.807, 2.05) is 0 Å². The van der Waals surface area contributed by atoms with Crippen molar-refractivity contribution in [1.82, 2.24) is 10.2 Å². The summed E-state index contributed by atoms with van der Waals surface area (Å²) in [6.07, 6.45) is 0. The van der Waals surface area contributed by atoms with Gasteiger partial charge in [-0.1, -0.05) is 23.8 Å². The fraction of sp³-hybridized carbons (Fsp3) is 0.571. The van der Waals surface area contributed by atoms with E-state index < -0.39 is 0 Å². The molecule has 2 heteroatoms. The lowest BCUT2D eigenvalue weighted by atomic mass is 9.86. The molecule has 2 nitrogen and oxygen atoms in total. The van der Waals surface area contributed by atoms with E-state index in [1.165, 1.54) is 16.7 Å². The maximum absolute atomic E-state index is 3.67. The molecular formula is C14H22N2. The molecule has 1 N–H and O–H groups in total. The number of likely N-dealkylation sites (N-methyl/N-ethyl adjacent to an activating group) is 1. The van der Waals surface area contributed by atoms with E-state index in [0.717, 1.165) is 19.6 Å². The number of rotatable bonds is 1. The van der Waals surface area contributed by atoms with Crippen molar-refractivity contribution in [2.75, 3.05) is 26.7 Å². The van der Waals surface area contributed by atoms with Crippen LogP contribution in [0.4, 0.5) is 0 Å². The van der Waals surface area contributed by atoms with Gasteiger partial charge in [0.25, 0.3) is 0 Å². The van der Waals surface area contributed by atoms with Gasteiger partial charge < -0.3 is 10.2 Å². The molecule has 1 aromatic carbocycles. The van der Waals surface area contributed by atoms with Gasteiger partial charge >= 0.3 is 0 Å². The Kier molecular flexibility index (Phi) is 3.04. The van der Waals surface area contributed by atoms with Gasteiger partial charge in [0.2, 0.25) is 0 Å². The van der Waals surface area contributed by atoms with Crippen LogP contribution in [0.2, 0.25) is 0 Å². The highest BCUT2D eigenvalue weighted by Crippen LogP contribution is 2.27. The lowest BCUT2D eigenvalue weighted by Gasteiger charge is -2.41. The first-order valence-electron chi connectivity index (χ1n) is 6.02. The van der Waals surface area contributed by atoms with Crippen LogP contribution in [0.25, 0.3) is 0 Å². The van der Waals surface area contributed by atoms with Gasteiger partial charge in [-0.15, -0.1) is 0 Å². The maximum Gasteiger partial charge on any atom is 0.0537 e. The van der Waals surface area contributed by atoms with E-state index in [-0.39, 0.29) is 5.54 Å². The Bertz CT molecular complexity index is 386. The minimum atomic E-state index is 0.100. The number of benzene rings is 1. The second kappa shape index (κ2) is 4.19. The zero-order valence-electron chi connectivity index (χ0n) is 10.8. The first-order valence-corrected chi connectivity index (χ1v) is 6.02. The van der Waals surface area contributed by atoms with E-state index in [4.69, 9.17) is 0 Å². The summed E-state index contributed by atoms with van der Waals surface area (Å²) < 4.78 is 0. The quantitative estimate of drug-likeness (QED) is 0.776. The molecule has 1 aromatic rings. The molecule has 0 saturated carbocycles. The van der Waals surface area contributed by atoms with Gasteiger partial charge in [-0.05, 0) is 38.9 Å².